The van der Waals surface area contributed by atoms with E-state index >= 15 is 0 Å². The van der Waals surface area contributed by atoms with E-state index in [1.165, 1.54) is 7.11 Å². The average molecular weight is 372 g/mol. The zero-order valence-electron chi connectivity index (χ0n) is 14.3. The van der Waals surface area contributed by atoms with Gasteiger partial charge in [0.25, 0.3) is 5.91 Å². The van der Waals surface area contributed by atoms with Crippen molar-refractivity contribution in [1.82, 2.24) is 10.6 Å². The lowest BCUT2D eigenvalue weighted by atomic mass is 9.95. The molecule has 0 unspecified atom stereocenters. The van der Waals surface area contributed by atoms with Crippen LogP contribution in [-0.4, -0.2) is 19.0 Å². The van der Waals surface area contributed by atoms with Gasteiger partial charge in [-0.05, 0) is 30.7 Å². The van der Waals surface area contributed by atoms with Gasteiger partial charge < -0.3 is 20.7 Å². The van der Waals surface area contributed by atoms with Crippen LogP contribution in [0.5, 0.6) is 5.75 Å². The number of anilines is 1. The molecule has 0 saturated carbocycles. The van der Waals surface area contributed by atoms with Gasteiger partial charge in [-0.3, -0.25) is 4.79 Å². The maximum absolute atomic E-state index is 13.0. The van der Waals surface area contributed by atoms with Crippen molar-refractivity contribution in [2.75, 3.05) is 12.4 Å². The lowest BCUT2D eigenvalue weighted by molar-refractivity contribution is -0.113. The molecule has 0 aliphatic carbocycles. The van der Waals surface area contributed by atoms with E-state index in [0.717, 1.165) is 5.56 Å². The summed E-state index contributed by atoms with van der Waals surface area (Å²) in [6.45, 7) is 1.69. The molecule has 1 aliphatic rings. The highest BCUT2D eigenvalue weighted by Crippen LogP contribution is 2.31. The molecule has 0 saturated heterocycles. The maximum Gasteiger partial charge on any atom is 0.319 e. The standard InChI is InChI=1S/C19H18ClN3O3/c1-11-16(17(23-19(25)21-11)12-6-4-3-5-7-12)18(24)22-14-10-13(20)8-9-15(14)26-2/h3-10,17H,1-2H3,(H,22,24)(H2,21,23,25)/t17-/m0/s1. The van der Waals surface area contributed by atoms with Crippen molar-refractivity contribution < 1.29 is 14.3 Å². The van der Waals surface area contributed by atoms with Crippen molar-refractivity contribution in [1.29, 1.82) is 0 Å². The predicted molar refractivity (Wildman–Crippen MR) is 100 cm³/mol. The summed E-state index contributed by atoms with van der Waals surface area (Å²) in [5.41, 5.74) is 2.16. The van der Waals surface area contributed by atoms with Crippen molar-refractivity contribution in [3.05, 3.63) is 70.4 Å². The number of hydrogen-bond acceptors (Lipinski definition) is 3. The first-order chi connectivity index (χ1) is 12.5. The van der Waals surface area contributed by atoms with Gasteiger partial charge in [0.1, 0.15) is 5.75 Å². The molecule has 3 N–H and O–H groups in total. The number of carbonyl (C=O) groups is 2. The Kier molecular flexibility index (Phi) is 5.14. The van der Waals surface area contributed by atoms with Gasteiger partial charge in [0.05, 0.1) is 24.4 Å². The molecule has 1 heterocycles. The van der Waals surface area contributed by atoms with Gasteiger partial charge in [-0.2, -0.15) is 0 Å². The second-order valence-corrected chi connectivity index (χ2v) is 6.22. The highest BCUT2D eigenvalue weighted by molar-refractivity contribution is 6.31. The average Bonchev–Trinajstić information content (AvgIpc) is 2.62. The summed E-state index contributed by atoms with van der Waals surface area (Å²) in [4.78, 5) is 24.9. The summed E-state index contributed by atoms with van der Waals surface area (Å²) in [6, 6.07) is 13.4. The highest BCUT2D eigenvalue weighted by atomic mass is 35.5. The lowest BCUT2D eigenvalue weighted by Crippen LogP contribution is -2.45. The summed E-state index contributed by atoms with van der Waals surface area (Å²) in [5, 5.41) is 8.73. The van der Waals surface area contributed by atoms with Crippen LogP contribution in [0.2, 0.25) is 5.02 Å². The molecule has 2 aromatic carbocycles. The predicted octanol–water partition coefficient (Wildman–Crippen LogP) is 3.62. The Morgan fingerprint density at radius 2 is 1.92 bits per heavy atom. The van der Waals surface area contributed by atoms with Gasteiger partial charge in [0, 0.05) is 10.7 Å². The van der Waals surface area contributed by atoms with E-state index in [9.17, 15) is 9.59 Å². The number of ether oxygens (including phenoxy) is 1. The fourth-order valence-electron chi connectivity index (χ4n) is 2.86. The topological polar surface area (TPSA) is 79.5 Å². The number of benzene rings is 2. The first kappa shape index (κ1) is 17.8. The molecule has 0 spiro atoms. The molecule has 1 aliphatic heterocycles. The Morgan fingerprint density at radius 1 is 1.19 bits per heavy atom. The molecule has 1 atom stereocenters. The molecule has 0 bridgehead atoms. The number of urea groups is 1. The molecular weight excluding hydrogens is 354 g/mol. The highest BCUT2D eigenvalue weighted by Gasteiger charge is 2.31. The summed E-state index contributed by atoms with van der Waals surface area (Å²) in [7, 11) is 1.51. The minimum Gasteiger partial charge on any atom is -0.495 e. The fourth-order valence-corrected chi connectivity index (χ4v) is 3.03. The third-order valence-electron chi connectivity index (χ3n) is 4.06. The van der Waals surface area contributed by atoms with E-state index in [2.05, 4.69) is 16.0 Å². The zero-order chi connectivity index (χ0) is 18.7. The van der Waals surface area contributed by atoms with Crippen LogP contribution in [0.4, 0.5) is 10.5 Å². The lowest BCUT2D eigenvalue weighted by Gasteiger charge is -2.28. The molecule has 7 heteroatoms. The largest absolute Gasteiger partial charge is 0.495 e. The Balaban J connectivity index is 1.97. The van der Waals surface area contributed by atoms with Gasteiger partial charge in [-0.25, -0.2) is 4.79 Å². The minimum absolute atomic E-state index is 0.353. The number of amides is 3. The summed E-state index contributed by atoms with van der Waals surface area (Å²) in [5.74, 6) is 0.134. The van der Waals surface area contributed by atoms with Crippen molar-refractivity contribution in [2.24, 2.45) is 0 Å². The normalized spacial score (nSPS) is 16.6. The molecule has 0 fully saturated rings. The number of halogens is 1. The van der Waals surface area contributed by atoms with Crippen LogP contribution in [0.25, 0.3) is 0 Å². The smallest absolute Gasteiger partial charge is 0.319 e. The Labute approximate surface area is 156 Å². The van der Waals surface area contributed by atoms with Crippen LogP contribution in [0, 0.1) is 0 Å². The van der Waals surface area contributed by atoms with E-state index in [-0.39, 0.29) is 11.9 Å². The van der Waals surface area contributed by atoms with E-state index in [1.807, 2.05) is 30.3 Å². The number of rotatable bonds is 4. The van der Waals surface area contributed by atoms with Crippen LogP contribution < -0.4 is 20.7 Å². The molecule has 2 aromatic rings. The van der Waals surface area contributed by atoms with Crippen molar-refractivity contribution in [3.8, 4) is 5.75 Å². The number of allylic oxidation sites excluding steroid dienone is 1. The Morgan fingerprint density at radius 3 is 2.62 bits per heavy atom. The number of carbonyl (C=O) groups excluding carboxylic acids is 2. The van der Waals surface area contributed by atoms with Crippen molar-refractivity contribution >= 4 is 29.2 Å². The van der Waals surface area contributed by atoms with Gasteiger partial charge in [-0.1, -0.05) is 41.9 Å². The van der Waals surface area contributed by atoms with Crippen molar-refractivity contribution in [3.63, 3.8) is 0 Å². The monoisotopic (exact) mass is 371 g/mol. The summed E-state index contributed by atoms with van der Waals surface area (Å²) in [6.07, 6.45) is 0. The number of methoxy groups -OCH3 is 1. The number of nitrogens with one attached hydrogen (secondary N) is 3. The summed E-state index contributed by atoms with van der Waals surface area (Å²) < 4.78 is 5.27. The Bertz CT molecular complexity index is 881. The molecule has 0 aromatic heterocycles. The van der Waals surface area contributed by atoms with Gasteiger partial charge in [0.2, 0.25) is 0 Å². The van der Waals surface area contributed by atoms with Crippen molar-refractivity contribution in [2.45, 2.75) is 13.0 Å². The molecule has 3 rings (SSSR count). The van der Waals surface area contributed by atoms with E-state index in [4.69, 9.17) is 16.3 Å². The van der Waals surface area contributed by atoms with Crippen LogP contribution in [0.3, 0.4) is 0 Å². The van der Waals surface area contributed by atoms with Crippen LogP contribution >= 0.6 is 11.6 Å². The van der Waals surface area contributed by atoms with Gasteiger partial charge >= 0.3 is 6.03 Å². The Hall–Kier alpha value is -2.99. The molecule has 6 nitrogen and oxygen atoms in total. The van der Waals surface area contributed by atoms with E-state index < -0.39 is 6.04 Å². The maximum atomic E-state index is 13.0. The molecule has 134 valence electrons. The van der Waals surface area contributed by atoms with E-state index in [1.54, 1.807) is 25.1 Å². The first-order valence-corrected chi connectivity index (χ1v) is 8.35. The quantitative estimate of drug-likeness (QED) is 0.768. The second-order valence-electron chi connectivity index (χ2n) is 5.78. The second kappa shape index (κ2) is 7.49. The summed E-state index contributed by atoms with van der Waals surface area (Å²) >= 11 is 6.03. The molecular formula is C19H18ClN3O3. The fraction of sp³-hybridized carbons (Fsp3) is 0.158. The SMILES string of the molecule is COc1ccc(Cl)cc1NC(=O)C1=C(C)NC(=O)N[C@H]1c1ccccc1. The van der Waals surface area contributed by atoms with Crippen LogP contribution in [0.1, 0.15) is 18.5 Å². The van der Waals surface area contributed by atoms with Gasteiger partial charge in [-0.15, -0.1) is 0 Å². The molecule has 3 amide bonds. The van der Waals surface area contributed by atoms with Gasteiger partial charge in [0.15, 0.2) is 0 Å². The third kappa shape index (κ3) is 3.65. The molecule has 26 heavy (non-hydrogen) atoms. The number of hydrogen-bond donors (Lipinski definition) is 3. The van der Waals surface area contributed by atoms with Crippen LogP contribution in [-0.2, 0) is 4.79 Å². The first-order valence-electron chi connectivity index (χ1n) is 7.97. The third-order valence-corrected chi connectivity index (χ3v) is 4.29. The van der Waals surface area contributed by atoms with Crippen LogP contribution in [0.15, 0.2) is 59.8 Å². The zero-order valence-corrected chi connectivity index (χ0v) is 15.1. The minimum atomic E-state index is -0.560. The van der Waals surface area contributed by atoms with E-state index in [0.29, 0.717) is 27.7 Å². The molecule has 0 radical (unpaired) electrons.